The van der Waals surface area contributed by atoms with Crippen molar-refractivity contribution < 1.29 is 4.74 Å². The molecule has 0 fully saturated rings. The molecular formula is C12H15NO. The Balaban J connectivity index is 2.21. The Bertz CT molecular complexity index is 335. The smallest absolute Gasteiger partial charge is 0.0850 e. The first kappa shape index (κ1) is 9.44. The molecule has 1 aliphatic carbocycles. The van der Waals surface area contributed by atoms with Gasteiger partial charge in [0.15, 0.2) is 0 Å². The van der Waals surface area contributed by atoms with Gasteiger partial charge in [-0.1, -0.05) is 30.3 Å². The Labute approximate surface area is 84.4 Å². The lowest BCUT2D eigenvalue weighted by Gasteiger charge is -2.10. The highest BCUT2D eigenvalue weighted by molar-refractivity contribution is 5.36. The molecule has 2 nitrogen and oxygen atoms in total. The average Bonchev–Trinajstić information content (AvgIpc) is 2.54. The highest BCUT2D eigenvalue weighted by atomic mass is 16.5. The van der Waals surface area contributed by atoms with Crippen molar-refractivity contribution >= 4 is 0 Å². The highest BCUT2D eigenvalue weighted by Gasteiger charge is 2.28. The van der Waals surface area contributed by atoms with Crippen LogP contribution >= 0.6 is 0 Å². The number of hydrogen-bond donors (Lipinski definition) is 1. The predicted octanol–water partition coefficient (Wildman–Crippen LogP) is 2.33. The van der Waals surface area contributed by atoms with Gasteiger partial charge in [-0.25, -0.2) is 0 Å². The van der Waals surface area contributed by atoms with E-state index in [1.54, 1.807) is 6.08 Å². The molecule has 1 aliphatic rings. The molecular weight excluding hydrogens is 174 g/mol. The van der Waals surface area contributed by atoms with Gasteiger partial charge >= 0.3 is 0 Å². The fraction of sp³-hybridized carbons (Fsp3) is 0.333. The first-order valence-corrected chi connectivity index (χ1v) is 4.90. The van der Waals surface area contributed by atoms with Gasteiger partial charge < -0.3 is 10.5 Å². The van der Waals surface area contributed by atoms with Crippen molar-refractivity contribution in [1.29, 1.82) is 0 Å². The predicted molar refractivity (Wildman–Crippen MR) is 56.9 cm³/mol. The van der Waals surface area contributed by atoms with Gasteiger partial charge in [0, 0.05) is 6.04 Å². The van der Waals surface area contributed by atoms with Crippen LogP contribution in [0.2, 0.25) is 0 Å². The Morgan fingerprint density at radius 2 is 2.14 bits per heavy atom. The minimum absolute atomic E-state index is 0.126. The summed E-state index contributed by atoms with van der Waals surface area (Å²) in [5.74, 6) is 0. The van der Waals surface area contributed by atoms with Crippen LogP contribution < -0.4 is 5.73 Å². The van der Waals surface area contributed by atoms with Crippen molar-refractivity contribution in [3.05, 3.63) is 48.0 Å². The van der Waals surface area contributed by atoms with Crippen LogP contribution in [-0.2, 0) is 4.74 Å². The van der Waals surface area contributed by atoms with Gasteiger partial charge in [0.25, 0.3) is 0 Å². The highest BCUT2D eigenvalue weighted by Crippen LogP contribution is 2.39. The summed E-state index contributed by atoms with van der Waals surface area (Å²) >= 11 is 0. The molecule has 0 saturated carbocycles. The SMILES string of the molecule is C=CCO[C@H]1CC(N)c2ccccc21. The minimum Gasteiger partial charge on any atom is -0.369 e. The Kier molecular flexibility index (Phi) is 2.66. The summed E-state index contributed by atoms with van der Waals surface area (Å²) in [4.78, 5) is 0. The summed E-state index contributed by atoms with van der Waals surface area (Å²) in [6, 6.07) is 8.35. The van der Waals surface area contributed by atoms with E-state index in [2.05, 4.69) is 18.7 Å². The van der Waals surface area contributed by atoms with E-state index < -0.39 is 0 Å². The normalized spacial score (nSPS) is 24.6. The molecule has 2 rings (SSSR count). The molecule has 2 heteroatoms. The molecule has 1 unspecified atom stereocenters. The first-order valence-electron chi connectivity index (χ1n) is 4.90. The van der Waals surface area contributed by atoms with Gasteiger partial charge in [-0.3, -0.25) is 0 Å². The van der Waals surface area contributed by atoms with Crippen molar-refractivity contribution in [3.63, 3.8) is 0 Å². The van der Waals surface area contributed by atoms with Crippen LogP contribution in [0.1, 0.15) is 29.7 Å². The van der Waals surface area contributed by atoms with E-state index in [0.717, 1.165) is 6.42 Å². The summed E-state index contributed by atoms with van der Waals surface area (Å²) in [6.07, 6.45) is 2.80. The number of benzene rings is 1. The zero-order chi connectivity index (χ0) is 9.97. The zero-order valence-corrected chi connectivity index (χ0v) is 8.15. The lowest BCUT2D eigenvalue weighted by Crippen LogP contribution is -2.06. The molecule has 0 radical (unpaired) electrons. The van der Waals surface area contributed by atoms with E-state index in [4.69, 9.17) is 10.5 Å². The van der Waals surface area contributed by atoms with Crippen LogP contribution in [0.3, 0.4) is 0 Å². The molecule has 74 valence electrons. The van der Waals surface area contributed by atoms with Gasteiger partial charge in [0.05, 0.1) is 12.7 Å². The number of hydrogen-bond acceptors (Lipinski definition) is 2. The number of nitrogens with two attached hydrogens (primary N) is 1. The third-order valence-corrected chi connectivity index (χ3v) is 2.63. The molecule has 2 atom stereocenters. The van der Waals surface area contributed by atoms with Crippen molar-refractivity contribution in [2.24, 2.45) is 5.73 Å². The molecule has 0 spiro atoms. The third kappa shape index (κ3) is 1.59. The maximum atomic E-state index is 6.00. The van der Waals surface area contributed by atoms with E-state index in [1.807, 2.05) is 12.1 Å². The van der Waals surface area contributed by atoms with Crippen LogP contribution in [0.15, 0.2) is 36.9 Å². The topological polar surface area (TPSA) is 35.2 Å². The van der Waals surface area contributed by atoms with Crippen molar-refractivity contribution in [2.75, 3.05) is 6.61 Å². The quantitative estimate of drug-likeness (QED) is 0.741. The summed E-state index contributed by atoms with van der Waals surface area (Å²) in [5.41, 5.74) is 8.46. The second kappa shape index (κ2) is 3.95. The molecule has 0 aliphatic heterocycles. The Morgan fingerprint density at radius 3 is 2.86 bits per heavy atom. The van der Waals surface area contributed by atoms with E-state index >= 15 is 0 Å². The largest absolute Gasteiger partial charge is 0.369 e. The van der Waals surface area contributed by atoms with Crippen molar-refractivity contribution in [2.45, 2.75) is 18.6 Å². The monoisotopic (exact) mass is 189 g/mol. The van der Waals surface area contributed by atoms with E-state index in [0.29, 0.717) is 6.61 Å². The molecule has 2 N–H and O–H groups in total. The number of ether oxygens (including phenoxy) is 1. The van der Waals surface area contributed by atoms with Crippen LogP contribution in [0, 0.1) is 0 Å². The Morgan fingerprint density at radius 1 is 1.43 bits per heavy atom. The zero-order valence-electron chi connectivity index (χ0n) is 8.15. The third-order valence-electron chi connectivity index (χ3n) is 2.63. The molecule has 0 amide bonds. The number of fused-ring (bicyclic) bond motifs is 1. The van der Waals surface area contributed by atoms with Gasteiger partial charge in [-0.15, -0.1) is 6.58 Å². The molecule has 0 bridgehead atoms. The fourth-order valence-corrected chi connectivity index (χ4v) is 1.97. The summed E-state index contributed by atoms with van der Waals surface area (Å²) in [7, 11) is 0. The molecule has 1 aromatic rings. The van der Waals surface area contributed by atoms with Gasteiger partial charge in [0.2, 0.25) is 0 Å². The standard InChI is InChI=1S/C12H15NO/c1-2-7-14-12-8-11(13)9-5-3-4-6-10(9)12/h2-6,11-12H,1,7-8,13H2/t11?,12-/m0/s1. The van der Waals surface area contributed by atoms with Crippen LogP contribution in [-0.4, -0.2) is 6.61 Å². The summed E-state index contributed by atoms with van der Waals surface area (Å²) in [6.45, 7) is 4.23. The number of rotatable bonds is 3. The van der Waals surface area contributed by atoms with Gasteiger partial charge in [-0.05, 0) is 17.5 Å². The fourth-order valence-electron chi connectivity index (χ4n) is 1.97. The lowest BCUT2D eigenvalue weighted by molar-refractivity contribution is 0.0722. The van der Waals surface area contributed by atoms with Crippen molar-refractivity contribution in [1.82, 2.24) is 0 Å². The van der Waals surface area contributed by atoms with Crippen LogP contribution in [0.4, 0.5) is 0 Å². The van der Waals surface area contributed by atoms with Gasteiger partial charge in [-0.2, -0.15) is 0 Å². The van der Waals surface area contributed by atoms with E-state index in [9.17, 15) is 0 Å². The lowest BCUT2D eigenvalue weighted by atomic mass is 10.1. The molecule has 1 aromatic carbocycles. The van der Waals surface area contributed by atoms with Crippen molar-refractivity contribution in [3.8, 4) is 0 Å². The average molecular weight is 189 g/mol. The first-order chi connectivity index (χ1) is 6.83. The molecule has 0 heterocycles. The molecule has 0 saturated heterocycles. The maximum absolute atomic E-state index is 6.00. The second-order valence-electron chi connectivity index (χ2n) is 3.58. The molecule has 0 aromatic heterocycles. The van der Waals surface area contributed by atoms with Crippen LogP contribution in [0.25, 0.3) is 0 Å². The summed E-state index contributed by atoms with van der Waals surface area (Å²) < 4.78 is 5.65. The Hall–Kier alpha value is -1.12. The van der Waals surface area contributed by atoms with Crippen LogP contribution in [0.5, 0.6) is 0 Å². The van der Waals surface area contributed by atoms with E-state index in [1.165, 1.54) is 11.1 Å². The maximum Gasteiger partial charge on any atom is 0.0850 e. The summed E-state index contributed by atoms with van der Waals surface area (Å²) in [5, 5.41) is 0. The second-order valence-corrected chi connectivity index (χ2v) is 3.58. The minimum atomic E-state index is 0.126. The van der Waals surface area contributed by atoms with E-state index in [-0.39, 0.29) is 12.1 Å². The molecule has 14 heavy (non-hydrogen) atoms. The van der Waals surface area contributed by atoms with Gasteiger partial charge in [0.1, 0.15) is 0 Å².